The molecule has 3 rings (SSSR count). The molecule has 2 aliphatic heterocycles. The molecule has 708 valence electrons. The van der Waals surface area contributed by atoms with Gasteiger partial charge < -0.3 is 88.7 Å². The van der Waals surface area contributed by atoms with Crippen LogP contribution in [0.1, 0.15) is 439 Å². The average Bonchev–Trinajstić information content (AvgIpc) is 0.753. The van der Waals surface area contributed by atoms with Crippen molar-refractivity contribution in [3.05, 3.63) is 0 Å². The molecule has 0 amide bonds. The van der Waals surface area contributed by atoms with Gasteiger partial charge in [-0.15, -0.1) is 0 Å². The van der Waals surface area contributed by atoms with E-state index in [0.717, 1.165) is 128 Å². The van der Waals surface area contributed by atoms with Gasteiger partial charge in [0.25, 0.3) is 0 Å². The minimum atomic E-state index is -5.81. The lowest BCUT2D eigenvalue weighted by atomic mass is 9.84. The lowest BCUT2D eigenvalue weighted by Gasteiger charge is -2.50. The van der Waals surface area contributed by atoms with Crippen LogP contribution in [-0.2, 0) is 70.7 Å². The number of carbonyl (C=O) groups excluding carboxylic acids is 4. The van der Waals surface area contributed by atoms with Gasteiger partial charge in [-0.05, 0) is 31.6 Å². The molecule has 2 saturated heterocycles. The van der Waals surface area contributed by atoms with E-state index in [9.17, 15) is 74.6 Å². The zero-order chi connectivity index (χ0) is 87.6. The molecule has 1 aliphatic carbocycles. The molecule has 26 heteroatoms. The maximum atomic E-state index is 14.9. The molecular weight excluding hydrogens is 1560 g/mol. The summed E-state index contributed by atoms with van der Waals surface area (Å²) < 4.78 is 73.6. The molecule has 19 unspecified atom stereocenters. The monoisotopic (exact) mass is 1740 g/mol. The van der Waals surface area contributed by atoms with Gasteiger partial charge >= 0.3 is 31.7 Å². The van der Waals surface area contributed by atoms with Crippen LogP contribution in [0.3, 0.4) is 0 Å². The van der Waals surface area contributed by atoms with Crippen LogP contribution in [0.5, 0.6) is 0 Å². The Balaban J connectivity index is 1.90. The first-order valence-electron chi connectivity index (χ1n) is 49.2. The number of carbonyl (C=O) groups is 4. The molecule has 0 radical (unpaired) electrons. The van der Waals surface area contributed by atoms with Crippen LogP contribution in [0.25, 0.3) is 0 Å². The predicted octanol–water partition coefficient (Wildman–Crippen LogP) is 18.8. The number of hydrogen-bond donors (Lipinski definition) is 10. The van der Waals surface area contributed by atoms with Gasteiger partial charge in [0.05, 0.1) is 13.2 Å². The molecule has 1 saturated carbocycles. The second-order valence-electron chi connectivity index (χ2n) is 35.6. The van der Waals surface area contributed by atoms with Gasteiger partial charge in [-0.25, -0.2) is 4.57 Å². The summed E-state index contributed by atoms with van der Waals surface area (Å²) in [6.07, 6.45) is 29.3. The first-order chi connectivity index (χ1) is 58.1. The summed E-state index contributed by atoms with van der Waals surface area (Å²) in [6, 6.07) is 0. The number of rotatable bonds is 80. The molecular formula is C94H177O25P. The highest BCUT2D eigenvalue weighted by atomic mass is 31.2. The van der Waals surface area contributed by atoms with Crippen molar-refractivity contribution in [3.63, 3.8) is 0 Å². The van der Waals surface area contributed by atoms with Gasteiger partial charge in [0.15, 0.2) is 24.8 Å². The van der Waals surface area contributed by atoms with Crippen LogP contribution < -0.4 is 0 Å². The molecule has 0 spiro atoms. The highest BCUT2D eigenvalue weighted by Gasteiger charge is 2.60. The van der Waals surface area contributed by atoms with E-state index < -0.39 is 162 Å². The summed E-state index contributed by atoms with van der Waals surface area (Å²) in [5, 5.41) is 103. The van der Waals surface area contributed by atoms with Crippen LogP contribution in [0.15, 0.2) is 0 Å². The van der Waals surface area contributed by atoms with Crippen molar-refractivity contribution >= 4 is 31.7 Å². The number of phosphoric acid groups is 1. The van der Waals surface area contributed by atoms with E-state index in [0.29, 0.717) is 38.0 Å². The summed E-state index contributed by atoms with van der Waals surface area (Å²) in [5.41, 5.74) is 0. The van der Waals surface area contributed by atoms with Crippen molar-refractivity contribution < 1.29 is 122 Å². The van der Waals surface area contributed by atoms with Crippen molar-refractivity contribution in [2.45, 2.75) is 543 Å². The minimum absolute atomic E-state index is 0.0174. The molecule has 0 aromatic heterocycles. The molecule has 10 N–H and O–H groups in total. The van der Waals surface area contributed by atoms with E-state index in [4.69, 9.17) is 46.9 Å². The summed E-state index contributed by atoms with van der Waals surface area (Å²) in [5.74, 6) is -2.25. The SMILES string of the molecule is CCCCCCCCCCCCCCCCCC(=O)OCC(COP(=O)(O)OC1C(OC2OC(CO)C(O)C(O)C2O)C(O)C(O)C(OC(=O)CCCCCCCCCCCCCCCCC)C1OC1OC(COC(=O)CCCCCCCCC(C)CCCCCCCC)C(O)C(O)C1O)OC(=O)CCCCCCCCCCCCCCCCC. The van der Waals surface area contributed by atoms with Crippen LogP contribution in [0, 0.1) is 5.92 Å². The fraction of sp³-hybridized carbons (Fsp3) is 0.957. The highest BCUT2D eigenvalue weighted by Crippen LogP contribution is 2.49. The standard InChI is InChI=1S/C94H177O25P/c1-6-10-14-18-22-25-28-31-34-37-40-43-46-53-59-65-77(96)110-70-74(113-79(98)67-61-55-47-44-41-38-35-32-29-26-23-19-15-11-7-2)71-112-120(108,109)119-92-90(117-93-87(106)83(102)81(100)75(69-95)114-93)86(105)85(104)89(116-80(99)68-62-56-48-45-42-39-36-33-30-27-24-20-16-12-8-3)91(92)118-94-88(107)84(103)82(101)76(115-94)72-111-78(97)66-60-54-50-49-52-58-64-73(5)63-57-51-21-17-13-9-4/h73-76,81-95,100-107H,6-72H2,1-5H3,(H,108,109). The second-order valence-corrected chi connectivity index (χ2v) is 37.0. The molecule has 0 aromatic rings. The Bertz CT molecular complexity index is 2500. The van der Waals surface area contributed by atoms with E-state index >= 15 is 0 Å². The Morgan fingerprint density at radius 1 is 0.325 bits per heavy atom. The van der Waals surface area contributed by atoms with Crippen LogP contribution in [0.2, 0.25) is 0 Å². The van der Waals surface area contributed by atoms with Crippen LogP contribution in [0.4, 0.5) is 0 Å². The first kappa shape index (κ1) is 112. The molecule has 0 bridgehead atoms. The number of aliphatic hydroxyl groups excluding tert-OH is 9. The Morgan fingerprint density at radius 3 is 0.992 bits per heavy atom. The second kappa shape index (κ2) is 72.4. The Morgan fingerprint density at radius 2 is 0.625 bits per heavy atom. The third-order valence-corrected chi connectivity index (χ3v) is 25.5. The maximum absolute atomic E-state index is 14.9. The summed E-state index contributed by atoms with van der Waals surface area (Å²) in [7, 11) is -5.81. The number of aliphatic hydroxyl groups is 9. The minimum Gasteiger partial charge on any atom is -0.463 e. The third-order valence-electron chi connectivity index (χ3n) is 24.5. The van der Waals surface area contributed by atoms with Crippen molar-refractivity contribution in [2.24, 2.45) is 5.92 Å². The molecule has 3 aliphatic rings. The van der Waals surface area contributed by atoms with Gasteiger partial charge in [-0.3, -0.25) is 28.2 Å². The van der Waals surface area contributed by atoms with Crippen molar-refractivity contribution in [1.82, 2.24) is 0 Å². The van der Waals surface area contributed by atoms with Gasteiger partial charge in [-0.1, -0.05) is 388 Å². The summed E-state index contributed by atoms with van der Waals surface area (Å²) in [4.78, 5) is 66.6. The van der Waals surface area contributed by atoms with E-state index in [-0.39, 0.29) is 25.7 Å². The smallest absolute Gasteiger partial charge is 0.463 e. The fourth-order valence-corrected chi connectivity index (χ4v) is 17.6. The quantitative estimate of drug-likeness (QED) is 0.0117. The third kappa shape index (κ3) is 52.1. The zero-order valence-corrected chi connectivity index (χ0v) is 76.7. The topological polar surface area (TPSA) is 380 Å². The largest absolute Gasteiger partial charge is 0.472 e. The van der Waals surface area contributed by atoms with Gasteiger partial charge in [0.2, 0.25) is 0 Å². The normalized spacial score (nSPS) is 24.9. The Labute approximate surface area is 725 Å². The predicted molar refractivity (Wildman–Crippen MR) is 467 cm³/mol. The van der Waals surface area contributed by atoms with E-state index in [1.165, 1.54) is 218 Å². The number of ether oxygens (including phenoxy) is 8. The number of esters is 4. The average molecular weight is 1740 g/mol. The van der Waals surface area contributed by atoms with Crippen LogP contribution in [-0.4, -0.2) is 205 Å². The molecule has 0 aromatic carbocycles. The first-order valence-corrected chi connectivity index (χ1v) is 50.7. The number of hydrogen-bond acceptors (Lipinski definition) is 24. The van der Waals surface area contributed by atoms with Gasteiger partial charge in [-0.2, -0.15) is 0 Å². The molecule has 19 atom stereocenters. The van der Waals surface area contributed by atoms with E-state index in [2.05, 4.69) is 34.6 Å². The zero-order valence-electron chi connectivity index (χ0n) is 75.8. The number of unbranched alkanes of at least 4 members (excludes halogenated alkanes) is 52. The number of phosphoric ester groups is 1. The van der Waals surface area contributed by atoms with Crippen molar-refractivity contribution in [1.29, 1.82) is 0 Å². The Kier molecular flexibility index (Phi) is 67.3. The van der Waals surface area contributed by atoms with Crippen molar-refractivity contribution in [2.75, 3.05) is 26.4 Å². The van der Waals surface area contributed by atoms with Crippen molar-refractivity contribution in [3.8, 4) is 0 Å². The summed E-state index contributed by atoms with van der Waals surface area (Å²) >= 11 is 0. The highest BCUT2D eigenvalue weighted by molar-refractivity contribution is 7.47. The molecule has 120 heavy (non-hydrogen) atoms. The fourth-order valence-electron chi connectivity index (χ4n) is 16.6. The lowest BCUT2D eigenvalue weighted by molar-refractivity contribution is -0.360. The van der Waals surface area contributed by atoms with Crippen LogP contribution >= 0.6 is 7.82 Å². The van der Waals surface area contributed by atoms with Gasteiger partial charge in [0, 0.05) is 25.7 Å². The molecule has 2 heterocycles. The lowest BCUT2D eigenvalue weighted by Crippen LogP contribution is -2.70. The van der Waals surface area contributed by atoms with E-state index in [1.54, 1.807) is 0 Å². The van der Waals surface area contributed by atoms with Gasteiger partial charge in [0.1, 0.15) is 92.6 Å². The maximum Gasteiger partial charge on any atom is 0.472 e. The van der Waals surface area contributed by atoms with E-state index in [1.807, 2.05) is 0 Å². The summed E-state index contributed by atoms with van der Waals surface area (Å²) in [6.45, 7) is 7.98. The molecule has 25 nitrogen and oxygen atoms in total. The Hall–Kier alpha value is -2.53. The molecule has 3 fully saturated rings.